The SMILES string of the molecule is Clc1ccc2c(Nc3ccc(N4CCOCC4)c(CN4CCCC4)c3)ccnc2c1. The first-order chi connectivity index (χ1) is 14.8. The van der Waals surface area contributed by atoms with Gasteiger partial charge in [-0.15, -0.1) is 0 Å². The lowest BCUT2D eigenvalue weighted by Gasteiger charge is -2.32. The van der Waals surface area contributed by atoms with E-state index >= 15 is 0 Å². The van der Waals surface area contributed by atoms with E-state index in [1.165, 1.54) is 37.2 Å². The van der Waals surface area contributed by atoms with Gasteiger partial charge in [0.25, 0.3) is 0 Å². The maximum absolute atomic E-state index is 6.15. The number of nitrogens with zero attached hydrogens (tertiary/aromatic N) is 3. The van der Waals surface area contributed by atoms with E-state index in [2.05, 4.69) is 38.3 Å². The minimum atomic E-state index is 0.704. The van der Waals surface area contributed by atoms with Crippen LogP contribution in [0.3, 0.4) is 0 Å². The number of aromatic nitrogens is 1. The molecule has 3 heterocycles. The normalized spacial score (nSPS) is 17.6. The summed E-state index contributed by atoms with van der Waals surface area (Å²) in [5.41, 5.74) is 5.76. The van der Waals surface area contributed by atoms with Crippen LogP contribution in [0.4, 0.5) is 17.1 Å². The Bertz CT molecular complexity index is 1030. The maximum Gasteiger partial charge on any atom is 0.0737 e. The van der Waals surface area contributed by atoms with Gasteiger partial charge in [0, 0.05) is 53.3 Å². The predicted octanol–water partition coefficient (Wildman–Crippen LogP) is 5.06. The Balaban J connectivity index is 1.46. The fourth-order valence-corrected chi connectivity index (χ4v) is 4.64. The number of morpholine rings is 1. The third-order valence-corrected chi connectivity index (χ3v) is 6.24. The number of rotatable bonds is 5. The monoisotopic (exact) mass is 422 g/mol. The largest absolute Gasteiger partial charge is 0.378 e. The molecule has 0 amide bonds. The number of fused-ring (bicyclic) bond motifs is 1. The number of nitrogens with one attached hydrogen (secondary N) is 1. The molecule has 5 nitrogen and oxygen atoms in total. The van der Waals surface area contributed by atoms with Gasteiger partial charge in [0.15, 0.2) is 0 Å². The molecule has 30 heavy (non-hydrogen) atoms. The Morgan fingerprint density at radius 1 is 0.967 bits per heavy atom. The first kappa shape index (κ1) is 19.6. The van der Waals surface area contributed by atoms with Crippen LogP contribution in [0, 0.1) is 0 Å². The van der Waals surface area contributed by atoms with Crippen molar-refractivity contribution in [3.05, 3.63) is 59.2 Å². The van der Waals surface area contributed by atoms with E-state index < -0.39 is 0 Å². The molecule has 2 aromatic carbocycles. The van der Waals surface area contributed by atoms with Crippen LogP contribution < -0.4 is 10.2 Å². The minimum Gasteiger partial charge on any atom is -0.378 e. The molecule has 0 spiro atoms. The summed E-state index contributed by atoms with van der Waals surface area (Å²) in [5, 5.41) is 5.39. The van der Waals surface area contributed by atoms with Crippen molar-refractivity contribution in [3.8, 4) is 0 Å². The van der Waals surface area contributed by atoms with Crippen LogP contribution in [0.25, 0.3) is 10.9 Å². The minimum absolute atomic E-state index is 0.704. The smallest absolute Gasteiger partial charge is 0.0737 e. The zero-order chi connectivity index (χ0) is 20.3. The van der Waals surface area contributed by atoms with Gasteiger partial charge in [0.05, 0.1) is 18.7 Å². The first-order valence-electron chi connectivity index (χ1n) is 10.8. The lowest BCUT2D eigenvalue weighted by Crippen LogP contribution is -2.37. The van der Waals surface area contributed by atoms with Crippen LogP contribution in [0.15, 0.2) is 48.7 Å². The molecule has 0 radical (unpaired) electrons. The van der Waals surface area contributed by atoms with Crippen molar-refractivity contribution in [2.75, 3.05) is 49.6 Å². The number of pyridine rings is 1. The van der Waals surface area contributed by atoms with E-state index in [4.69, 9.17) is 16.3 Å². The molecular weight excluding hydrogens is 396 g/mol. The third kappa shape index (κ3) is 4.24. The van der Waals surface area contributed by atoms with Crippen molar-refractivity contribution >= 4 is 39.6 Å². The average molecular weight is 423 g/mol. The Morgan fingerprint density at radius 3 is 2.63 bits per heavy atom. The van der Waals surface area contributed by atoms with Crippen molar-refractivity contribution in [2.45, 2.75) is 19.4 Å². The quantitative estimate of drug-likeness (QED) is 0.622. The second-order valence-electron chi connectivity index (χ2n) is 8.07. The molecule has 1 aromatic heterocycles. The van der Waals surface area contributed by atoms with Crippen LogP contribution in [-0.2, 0) is 11.3 Å². The third-order valence-electron chi connectivity index (χ3n) is 6.01. The average Bonchev–Trinajstić information content (AvgIpc) is 3.28. The van der Waals surface area contributed by atoms with Crippen LogP contribution in [0.1, 0.15) is 18.4 Å². The molecule has 0 unspecified atom stereocenters. The van der Waals surface area contributed by atoms with Gasteiger partial charge >= 0.3 is 0 Å². The number of likely N-dealkylation sites (tertiary alicyclic amines) is 1. The summed E-state index contributed by atoms with van der Waals surface area (Å²) in [5.74, 6) is 0. The van der Waals surface area contributed by atoms with E-state index in [-0.39, 0.29) is 0 Å². The van der Waals surface area contributed by atoms with Gasteiger partial charge in [0.1, 0.15) is 0 Å². The van der Waals surface area contributed by atoms with Crippen LogP contribution in [0.2, 0.25) is 5.02 Å². The first-order valence-corrected chi connectivity index (χ1v) is 11.1. The van der Waals surface area contributed by atoms with E-state index in [1.54, 1.807) is 0 Å². The molecule has 2 saturated heterocycles. The van der Waals surface area contributed by atoms with Gasteiger partial charge in [-0.05, 0) is 74.0 Å². The Kier molecular flexibility index (Phi) is 5.75. The van der Waals surface area contributed by atoms with Crippen molar-refractivity contribution in [1.82, 2.24) is 9.88 Å². The van der Waals surface area contributed by atoms with Crippen molar-refractivity contribution in [2.24, 2.45) is 0 Å². The number of benzene rings is 2. The Hall–Kier alpha value is -2.34. The molecule has 3 aromatic rings. The summed E-state index contributed by atoms with van der Waals surface area (Å²) < 4.78 is 5.57. The standard InChI is InChI=1S/C24H27ClN4O/c25-19-3-5-21-22(7-8-26-23(21)16-19)27-20-4-6-24(29-11-13-30-14-12-29)18(15-20)17-28-9-1-2-10-28/h3-8,15-16H,1-2,9-14,17H2,(H,26,27). The van der Waals surface area contributed by atoms with Crippen LogP contribution in [-0.4, -0.2) is 49.3 Å². The zero-order valence-corrected chi connectivity index (χ0v) is 17.9. The predicted molar refractivity (Wildman–Crippen MR) is 124 cm³/mol. The molecule has 156 valence electrons. The second-order valence-corrected chi connectivity index (χ2v) is 8.51. The highest BCUT2D eigenvalue weighted by molar-refractivity contribution is 6.31. The van der Waals surface area contributed by atoms with E-state index in [0.717, 1.165) is 55.1 Å². The van der Waals surface area contributed by atoms with E-state index in [1.807, 2.05) is 30.5 Å². The van der Waals surface area contributed by atoms with Gasteiger partial charge in [-0.25, -0.2) is 0 Å². The summed E-state index contributed by atoms with van der Waals surface area (Å²) >= 11 is 6.15. The van der Waals surface area contributed by atoms with Crippen molar-refractivity contribution in [3.63, 3.8) is 0 Å². The van der Waals surface area contributed by atoms with Gasteiger partial charge in [-0.2, -0.15) is 0 Å². The molecule has 0 atom stereocenters. The number of ether oxygens (including phenoxy) is 1. The molecule has 0 saturated carbocycles. The number of halogens is 1. The molecular formula is C24H27ClN4O. The molecule has 2 aliphatic rings. The fraction of sp³-hybridized carbons (Fsp3) is 0.375. The van der Waals surface area contributed by atoms with Gasteiger partial charge in [-0.3, -0.25) is 9.88 Å². The van der Waals surface area contributed by atoms with Crippen molar-refractivity contribution in [1.29, 1.82) is 0 Å². The molecule has 2 fully saturated rings. The Morgan fingerprint density at radius 2 is 1.80 bits per heavy atom. The van der Waals surface area contributed by atoms with Gasteiger partial charge < -0.3 is 15.0 Å². The molecule has 0 aliphatic carbocycles. The lowest BCUT2D eigenvalue weighted by atomic mass is 10.1. The number of hydrogen-bond acceptors (Lipinski definition) is 5. The summed E-state index contributed by atoms with van der Waals surface area (Å²) in [6.07, 6.45) is 4.43. The number of hydrogen-bond donors (Lipinski definition) is 1. The lowest BCUT2D eigenvalue weighted by molar-refractivity contribution is 0.122. The molecule has 5 rings (SSSR count). The van der Waals surface area contributed by atoms with Crippen LogP contribution in [0.5, 0.6) is 0 Å². The molecule has 0 bridgehead atoms. The number of anilines is 3. The highest BCUT2D eigenvalue weighted by Gasteiger charge is 2.19. The van der Waals surface area contributed by atoms with Crippen molar-refractivity contribution < 1.29 is 4.74 Å². The maximum atomic E-state index is 6.15. The summed E-state index contributed by atoms with van der Waals surface area (Å²) in [6.45, 7) is 6.88. The highest BCUT2D eigenvalue weighted by atomic mass is 35.5. The summed E-state index contributed by atoms with van der Waals surface area (Å²) in [4.78, 5) is 9.48. The Labute approximate surface area is 182 Å². The van der Waals surface area contributed by atoms with E-state index in [0.29, 0.717) is 5.02 Å². The van der Waals surface area contributed by atoms with Gasteiger partial charge in [-0.1, -0.05) is 11.6 Å². The molecule has 6 heteroatoms. The summed E-state index contributed by atoms with van der Waals surface area (Å²) in [6, 6.07) is 14.6. The zero-order valence-electron chi connectivity index (χ0n) is 17.1. The van der Waals surface area contributed by atoms with E-state index in [9.17, 15) is 0 Å². The van der Waals surface area contributed by atoms with Gasteiger partial charge in [0.2, 0.25) is 0 Å². The summed E-state index contributed by atoms with van der Waals surface area (Å²) in [7, 11) is 0. The topological polar surface area (TPSA) is 40.6 Å². The molecule has 2 aliphatic heterocycles. The van der Waals surface area contributed by atoms with Crippen LogP contribution >= 0.6 is 11.6 Å². The fourth-order valence-electron chi connectivity index (χ4n) is 4.47. The highest BCUT2D eigenvalue weighted by Crippen LogP contribution is 2.31. The second kappa shape index (κ2) is 8.80. The molecule has 1 N–H and O–H groups in total.